The van der Waals surface area contributed by atoms with Crippen LogP contribution in [-0.4, -0.2) is 41.2 Å². The molecular weight excluding hydrogens is 228 g/mol. The lowest BCUT2D eigenvalue weighted by atomic mass is 10.1. The van der Waals surface area contributed by atoms with Crippen molar-refractivity contribution in [1.29, 1.82) is 0 Å². The summed E-state index contributed by atoms with van der Waals surface area (Å²) in [5.41, 5.74) is -0.619. The predicted molar refractivity (Wildman–Crippen MR) is 56.6 cm³/mol. The van der Waals surface area contributed by atoms with E-state index < -0.39 is 29.6 Å². The van der Waals surface area contributed by atoms with Crippen LogP contribution in [0.2, 0.25) is 0 Å². The summed E-state index contributed by atoms with van der Waals surface area (Å²) < 4.78 is 4.98. The summed E-state index contributed by atoms with van der Waals surface area (Å²) in [4.78, 5) is 37.8. The lowest BCUT2D eigenvalue weighted by Crippen LogP contribution is -2.64. The number of carbonyl (C=O) groups is 3. The van der Waals surface area contributed by atoms with Crippen molar-refractivity contribution in [2.45, 2.75) is 39.3 Å². The molecule has 1 heterocycles. The first kappa shape index (κ1) is 13.3. The second kappa shape index (κ2) is 4.60. The van der Waals surface area contributed by atoms with Gasteiger partial charge in [0, 0.05) is 6.92 Å². The molecular formula is C10H16N2O5. The van der Waals surface area contributed by atoms with Crippen LogP contribution in [0.5, 0.6) is 0 Å². The largest absolute Gasteiger partial charge is 0.444 e. The maximum Gasteiger partial charge on any atom is 0.408 e. The molecule has 17 heavy (non-hydrogen) atoms. The first-order valence-corrected chi connectivity index (χ1v) is 5.18. The van der Waals surface area contributed by atoms with Gasteiger partial charge in [0.25, 0.3) is 5.91 Å². The number of rotatable bonds is 2. The number of ether oxygens (including phenoxy) is 1. The lowest BCUT2D eigenvalue weighted by Gasteiger charge is -2.36. The predicted octanol–water partition coefficient (Wildman–Crippen LogP) is 0.200. The SMILES string of the molecule is CC(=O)ON1CC(NC(=O)OC(C)(C)C)C1=O. The van der Waals surface area contributed by atoms with Gasteiger partial charge >= 0.3 is 12.1 Å². The number of amides is 2. The van der Waals surface area contributed by atoms with Crippen molar-refractivity contribution >= 4 is 18.0 Å². The van der Waals surface area contributed by atoms with Gasteiger partial charge in [-0.3, -0.25) is 9.59 Å². The Bertz CT molecular complexity index is 347. The molecule has 1 saturated heterocycles. The van der Waals surface area contributed by atoms with Gasteiger partial charge < -0.3 is 14.9 Å². The minimum atomic E-state index is -0.691. The first-order chi connectivity index (χ1) is 7.69. The van der Waals surface area contributed by atoms with Crippen LogP contribution < -0.4 is 5.32 Å². The second-order valence-corrected chi connectivity index (χ2v) is 4.68. The van der Waals surface area contributed by atoms with E-state index in [1.54, 1.807) is 20.8 Å². The summed E-state index contributed by atoms with van der Waals surface area (Å²) >= 11 is 0. The third-order valence-corrected chi connectivity index (χ3v) is 1.82. The average Bonchev–Trinajstić information content (AvgIpc) is 2.12. The number of alkyl carbamates (subject to hydrolysis) is 1. The fourth-order valence-corrected chi connectivity index (χ4v) is 1.19. The number of nitrogens with zero attached hydrogens (tertiary/aromatic N) is 1. The number of β-lactam (4-membered cyclic amide) rings is 1. The van der Waals surface area contributed by atoms with E-state index >= 15 is 0 Å². The molecule has 2 amide bonds. The van der Waals surface area contributed by atoms with Gasteiger partial charge in [0.2, 0.25) is 0 Å². The normalized spacial score (nSPS) is 19.4. The van der Waals surface area contributed by atoms with Crippen molar-refractivity contribution < 1.29 is 24.0 Å². The van der Waals surface area contributed by atoms with Crippen molar-refractivity contribution in [1.82, 2.24) is 10.4 Å². The van der Waals surface area contributed by atoms with E-state index in [2.05, 4.69) is 10.2 Å². The van der Waals surface area contributed by atoms with Crippen LogP contribution >= 0.6 is 0 Å². The van der Waals surface area contributed by atoms with Gasteiger partial charge in [0.05, 0.1) is 6.54 Å². The fraction of sp³-hybridized carbons (Fsp3) is 0.700. The molecule has 0 aromatic heterocycles. The molecule has 0 radical (unpaired) electrons. The molecule has 0 saturated carbocycles. The van der Waals surface area contributed by atoms with Crippen LogP contribution in [0.3, 0.4) is 0 Å². The van der Waals surface area contributed by atoms with E-state index in [9.17, 15) is 14.4 Å². The number of hydrogen-bond acceptors (Lipinski definition) is 5. The highest BCUT2D eigenvalue weighted by atomic mass is 16.7. The monoisotopic (exact) mass is 244 g/mol. The van der Waals surface area contributed by atoms with E-state index in [1.807, 2.05) is 0 Å². The summed E-state index contributed by atoms with van der Waals surface area (Å²) in [6.45, 7) is 6.50. The second-order valence-electron chi connectivity index (χ2n) is 4.68. The molecule has 1 rings (SSSR count). The smallest absolute Gasteiger partial charge is 0.408 e. The molecule has 1 N–H and O–H groups in total. The molecule has 1 atom stereocenters. The van der Waals surface area contributed by atoms with Crippen LogP contribution in [0.1, 0.15) is 27.7 Å². The molecule has 1 aliphatic rings. The van der Waals surface area contributed by atoms with Gasteiger partial charge in [-0.15, -0.1) is 0 Å². The third kappa shape index (κ3) is 3.93. The van der Waals surface area contributed by atoms with E-state index in [0.717, 1.165) is 5.06 Å². The van der Waals surface area contributed by atoms with E-state index in [0.29, 0.717) is 0 Å². The van der Waals surface area contributed by atoms with E-state index in [4.69, 9.17) is 4.74 Å². The summed E-state index contributed by atoms with van der Waals surface area (Å²) in [6.07, 6.45) is -0.668. The zero-order chi connectivity index (χ0) is 13.2. The minimum Gasteiger partial charge on any atom is -0.444 e. The Morgan fingerprint density at radius 2 is 2.00 bits per heavy atom. The molecule has 1 unspecified atom stereocenters. The molecule has 7 nitrogen and oxygen atoms in total. The van der Waals surface area contributed by atoms with Crippen molar-refractivity contribution in [3.05, 3.63) is 0 Å². The molecule has 1 aliphatic heterocycles. The Hall–Kier alpha value is -1.79. The van der Waals surface area contributed by atoms with E-state index in [-0.39, 0.29) is 6.54 Å². The number of hydrogen-bond donors (Lipinski definition) is 1. The van der Waals surface area contributed by atoms with Crippen LogP contribution in [0.25, 0.3) is 0 Å². The Morgan fingerprint density at radius 1 is 1.41 bits per heavy atom. The molecule has 0 bridgehead atoms. The average molecular weight is 244 g/mol. The third-order valence-electron chi connectivity index (χ3n) is 1.82. The van der Waals surface area contributed by atoms with Crippen LogP contribution in [-0.2, 0) is 19.2 Å². The van der Waals surface area contributed by atoms with Crippen LogP contribution in [0, 0.1) is 0 Å². The van der Waals surface area contributed by atoms with Crippen molar-refractivity contribution in [3.63, 3.8) is 0 Å². The highest BCUT2D eigenvalue weighted by Gasteiger charge is 2.41. The molecule has 96 valence electrons. The summed E-state index contributed by atoms with van der Waals surface area (Å²) in [6, 6.07) is -0.691. The molecule has 1 fully saturated rings. The van der Waals surface area contributed by atoms with Crippen molar-refractivity contribution in [2.75, 3.05) is 6.54 Å². The minimum absolute atomic E-state index is 0.137. The van der Waals surface area contributed by atoms with Gasteiger partial charge in [-0.2, -0.15) is 5.06 Å². The summed E-state index contributed by atoms with van der Waals surface area (Å²) in [5, 5.41) is 3.28. The molecule has 7 heteroatoms. The maximum absolute atomic E-state index is 11.4. The highest BCUT2D eigenvalue weighted by Crippen LogP contribution is 2.12. The number of carbonyl (C=O) groups excluding carboxylic acids is 3. The van der Waals surface area contributed by atoms with Gasteiger partial charge in [-0.1, -0.05) is 0 Å². The summed E-state index contributed by atoms with van der Waals surface area (Å²) in [5.74, 6) is -1.04. The van der Waals surface area contributed by atoms with Gasteiger partial charge in [-0.25, -0.2) is 4.79 Å². The van der Waals surface area contributed by atoms with Crippen molar-refractivity contribution in [2.24, 2.45) is 0 Å². The van der Waals surface area contributed by atoms with Crippen LogP contribution in [0.4, 0.5) is 4.79 Å². The number of nitrogens with one attached hydrogen (secondary N) is 1. The molecule has 0 aliphatic carbocycles. The Labute approximate surface area is 99.0 Å². The fourth-order valence-electron chi connectivity index (χ4n) is 1.19. The van der Waals surface area contributed by atoms with Crippen LogP contribution in [0.15, 0.2) is 0 Å². The zero-order valence-corrected chi connectivity index (χ0v) is 10.3. The van der Waals surface area contributed by atoms with Gasteiger partial charge in [0.15, 0.2) is 0 Å². The Balaban J connectivity index is 2.34. The first-order valence-electron chi connectivity index (χ1n) is 5.18. The lowest BCUT2D eigenvalue weighted by molar-refractivity contribution is -0.214. The van der Waals surface area contributed by atoms with Gasteiger partial charge in [0.1, 0.15) is 11.6 Å². The zero-order valence-electron chi connectivity index (χ0n) is 10.3. The topological polar surface area (TPSA) is 84.9 Å². The highest BCUT2D eigenvalue weighted by molar-refractivity contribution is 5.91. The van der Waals surface area contributed by atoms with E-state index in [1.165, 1.54) is 6.92 Å². The number of hydroxylamine groups is 2. The molecule has 0 aromatic rings. The molecule has 0 aromatic carbocycles. The molecule has 0 spiro atoms. The van der Waals surface area contributed by atoms with Crippen molar-refractivity contribution in [3.8, 4) is 0 Å². The quantitative estimate of drug-likeness (QED) is 0.701. The van der Waals surface area contributed by atoms with Gasteiger partial charge in [-0.05, 0) is 20.8 Å². The summed E-state index contributed by atoms with van der Waals surface area (Å²) in [7, 11) is 0. The standard InChI is InChI=1S/C10H16N2O5/c1-6(13)17-12-5-7(8(12)14)11-9(15)16-10(2,3)4/h7H,5H2,1-4H3,(H,11,15). The Morgan fingerprint density at radius 3 is 2.41 bits per heavy atom. The Kier molecular flexibility index (Phi) is 3.59. The maximum atomic E-state index is 11.4.